The lowest BCUT2D eigenvalue weighted by Gasteiger charge is -2.44. The van der Waals surface area contributed by atoms with Gasteiger partial charge in [-0.2, -0.15) is 17.5 Å². The molecule has 0 atom stereocenters. The predicted octanol–water partition coefficient (Wildman–Crippen LogP) is 4.25. The molecule has 1 saturated heterocycles. The minimum Gasteiger partial charge on any atom is -0.487 e. The van der Waals surface area contributed by atoms with Gasteiger partial charge in [-0.25, -0.2) is 8.42 Å². The van der Waals surface area contributed by atoms with Crippen molar-refractivity contribution in [2.75, 3.05) is 13.1 Å². The third kappa shape index (κ3) is 3.51. The maximum atomic E-state index is 12.8. The van der Waals surface area contributed by atoms with E-state index in [0.717, 1.165) is 48.4 Å². The Morgan fingerprint density at radius 2 is 1.57 bits per heavy atom. The molecule has 0 N–H and O–H groups in total. The molecule has 0 aliphatic carbocycles. The van der Waals surface area contributed by atoms with Gasteiger partial charge in [0.2, 0.25) is 10.0 Å². The molecule has 8 heteroatoms. The third-order valence-corrected chi connectivity index (χ3v) is 7.51. The van der Waals surface area contributed by atoms with Crippen molar-refractivity contribution >= 4 is 10.0 Å². The van der Waals surface area contributed by atoms with Crippen LogP contribution in [-0.2, 0) is 22.6 Å². The number of alkyl halides is 3. The molecule has 0 saturated carbocycles. The van der Waals surface area contributed by atoms with Crippen LogP contribution in [0.15, 0.2) is 53.4 Å². The van der Waals surface area contributed by atoms with E-state index in [2.05, 4.69) is 0 Å². The van der Waals surface area contributed by atoms with E-state index in [1.54, 1.807) is 0 Å². The topological polar surface area (TPSA) is 46.6 Å². The van der Waals surface area contributed by atoms with Crippen LogP contribution in [0.4, 0.5) is 13.2 Å². The fourth-order valence-corrected chi connectivity index (χ4v) is 5.35. The van der Waals surface area contributed by atoms with E-state index >= 15 is 0 Å². The second-order valence-corrected chi connectivity index (χ2v) is 9.26. The minimum atomic E-state index is -4.49. The van der Waals surface area contributed by atoms with E-state index in [0.29, 0.717) is 12.8 Å². The Labute approximate surface area is 162 Å². The Morgan fingerprint density at radius 1 is 0.929 bits per heavy atom. The van der Waals surface area contributed by atoms with Gasteiger partial charge in [0.25, 0.3) is 0 Å². The van der Waals surface area contributed by atoms with E-state index in [4.69, 9.17) is 4.74 Å². The SMILES string of the molecule is O=S(=O)(c1ccc(C(F)(F)F)cc1)N1CCC2(CCc3ccccc3O2)CC1. The molecule has 2 aliphatic rings. The standard InChI is InChI=1S/C20H20F3NO3S/c21-20(22,23)16-5-7-17(8-6-16)28(25,26)24-13-11-19(12-14-24)10-9-15-3-1-2-4-18(15)27-19/h1-8H,9-14H2. The molecule has 2 heterocycles. The number of fused-ring (bicyclic) bond motifs is 1. The van der Waals surface area contributed by atoms with Crippen molar-refractivity contribution in [1.82, 2.24) is 4.31 Å². The molecule has 0 bridgehead atoms. The highest BCUT2D eigenvalue weighted by molar-refractivity contribution is 7.89. The van der Waals surface area contributed by atoms with Crippen molar-refractivity contribution < 1.29 is 26.3 Å². The van der Waals surface area contributed by atoms with E-state index in [1.807, 2.05) is 24.3 Å². The number of piperidine rings is 1. The third-order valence-electron chi connectivity index (χ3n) is 5.60. The normalized spacial score (nSPS) is 19.8. The Balaban J connectivity index is 1.47. The summed E-state index contributed by atoms with van der Waals surface area (Å²) in [6, 6.07) is 11.5. The highest BCUT2D eigenvalue weighted by Crippen LogP contribution is 2.40. The van der Waals surface area contributed by atoms with E-state index in [9.17, 15) is 21.6 Å². The molecule has 4 rings (SSSR count). The maximum absolute atomic E-state index is 12.8. The second-order valence-electron chi connectivity index (χ2n) is 7.32. The quantitative estimate of drug-likeness (QED) is 0.742. The van der Waals surface area contributed by atoms with E-state index in [-0.39, 0.29) is 23.6 Å². The Morgan fingerprint density at radius 3 is 2.21 bits per heavy atom. The van der Waals surface area contributed by atoms with Crippen LogP contribution in [0.2, 0.25) is 0 Å². The molecular weight excluding hydrogens is 391 g/mol. The Kier molecular flexibility index (Phi) is 4.66. The Hall–Kier alpha value is -2.06. The van der Waals surface area contributed by atoms with Crippen LogP contribution in [0.25, 0.3) is 0 Å². The van der Waals surface area contributed by atoms with Gasteiger partial charge in [0.05, 0.1) is 10.5 Å². The van der Waals surface area contributed by atoms with Crippen molar-refractivity contribution in [2.45, 2.75) is 42.4 Å². The Bertz CT molecular complexity index is 963. The van der Waals surface area contributed by atoms with Crippen LogP contribution in [0.5, 0.6) is 5.75 Å². The summed E-state index contributed by atoms with van der Waals surface area (Å²) in [7, 11) is -3.83. The van der Waals surface area contributed by atoms with Crippen molar-refractivity contribution in [1.29, 1.82) is 0 Å². The number of nitrogens with zero attached hydrogens (tertiary/aromatic N) is 1. The molecule has 4 nitrogen and oxygen atoms in total. The lowest BCUT2D eigenvalue weighted by atomic mass is 9.84. The van der Waals surface area contributed by atoms with Crippen molar-refractivity contribution in [2.24, 2.45) is 0 Å². The van der Waals surface area contributed by atoms with Crippen molar-refractivity contribution in [3.63, 3.8) is 0 Å². The van der Waals surface area contributed by atoms with Gasteiger partial charge in [-0.1, -0.05) is 18.2 Å². The molecule has 0 unspecified atom stereocenters. The maximum Gasteiger partial charge on any atom is 0.416 e. The van der Waals surface area contributed by atoms with E-state index in [1.165, 1.54) is 4.31 Å². The molecule has 1 fully saturated rings. The van der Waals surface area contributed by atoms with Gasteiger partial charge in [0.15, 0.2) is 0 Å². The molecule has 28 heavy (non-hydrogen) atoms. The number of para-hydroxylation sites is 1. The van der Waals surface area contributed by atoms with Crippen LogP contribution in [0, 0.1) is 0 Å². The first-order valence-corrected chi connectivity index (χ1v) is 10.6. The molecular formula is C20H20F3NO3S. The fraction of sp³-hybridized carbons (Fsp3) is 0.400. The second kappa shape index (κ2) is 6.77. The molecule has 2 aromatic rings. The highest BCUT2D eigenvalue weighted by atomic mass is 32.2. The number of aryl methyl sites for hydroxylation is 1. The largest absolute Gasteiger partial charge is 0.487 e. The van der Waals surface area contributed by atoms with Gasteiger partial charge < -0.3 is 4.74 Å². The van der Waals surface area contributed by atoms with Crippen LogP contribution in [0.1, 0.15) is 30.4 Å². The monoisotopic (exact) mass is 411 g/mol. The highest BCUT2D eigenvalue weighted by Gasteiger charge is 2.42. The first-order valence-electron chi connectivity index (χ1n) is 9.14. The average molecular weight is 411 g/mol. The number of sulfonamides is 1. The summed E-state index contributed by atoms with van der Waals surface area (Å²) in [5, 5.41) is 0. The molecule has 2 aliphatic heterocycles. The van der Waals surface area contributed by atoms with Crippen molar-refractivity contribution in [3.05, 3.63) is 59.7 Å². The lowest BCUT2D eigenvalue weighted by Crippen LogP contribution is -2.51. The average Bonchev–Trinajstić information content (AvgIpc) is 2.68. The summed E-state index contributed by atoms with van der Waals surface area (Å²) in [5.74, 6) is 0.854. The summed E-state index contributed by atoms with van der Waals surface area (Å²) in [5.41, 5.74) is -0.0770. The molecule has 1 spiro atoms. The molecule has 0 radical (unpaired) electrons. The van der Waals surface area contributed by atoms with Crippen LogP contribution in [0.3, 0.4) is 0 Å². The number of halogens is 3. The van der Waals surface area contributed by atoms with E-state index < -0.39 is 21.8 Å². The summed E-state index contributed by atoms with van der Waals surface area (Å²) >= 11 is 0. The molecule has 0 aromatic heterocycles. The molecule has 2 aromatic carbocycles. The number of ether oxygens (including phenoxy) is 1. The van der Waals surface area contributed by atoms with Crippen LogP contribution >= 0.6 is 0 Å². The predicted molar refractivity (Wildman–Crippen MR) is 97.6 cm³/mol. The van der Waals surface area contributed by atoms with Crippen LogP contribution < -0.4 is 4.74 Å². The summed E-state index contributed by atoms with van der Waals surface area (Å²) in [6.07, 6.45) is -1.66. The van der Waals surface area contributed by atoms with Gasteiger partial charge >= 0.3 is 6.18 Å². The first-order chi connectivity index (χ1) is 13.2. The fourth-order valence-electron chi connectivity index (χ4n) is 3.91. The number of rotatable bonds is 2. The minimum absolute atomic E-state index is 0.119. The van der Waals surface area contributed by atoms with Crippen LogP contribution in [-0.4, -0.2) is 31.4 Å². The number of hydrogen-bond donors (Lipinski definition) is 0. The molecule has 0 amide bonds. The number of hydrogen-bond acceptors (Lipinski definition) is 3. The molecule has 150 valence electrons. The smallest absolute Gasteiger partial charge is 0.416 e. The summed E-state index contributed by atoms with van der Waals surface area (Å²) in [4.78, 5) is -0.119. The van der Waals surface area contributed by atoms with Gasteiger partial charge in [-0.05, 0) is 48.7 Å². The summed E-state index contributed by atoms with van der Waals surface area (Å²) in [6.45, 7) is 0.567. The first kappa shape index (κ1) is 19.3. The zero-order valence-corrected chi connectivity index (χ0v) is 15.9. The summed E-state index contributed by atoms with van der Waals surface area (Å²) < 4.78 is 71.3. The van der Waals surface area contributed by atoms with Gasteiger partial charge in [0, 0.05) is 25.9 Å². The van der Waals surface area contributed by atoms with Gasteiger partial charge in [-0.3, -0.25) is 0 Å². The number of benzene rings is 2. The zero-order valence-electron chi connectivity index (χ0n) is 15.1. The lowest BCUT2D eigenvalue weighted by molar-refractivity contribution is -0.137. The zero-order chi connectivity index (χ0) is 20.0. The van der Waals surface area contributed by atoms with Gasteiger partial charge in [0.1, 0.15) is 11.4 Å². The van der Waals surface area contributed by atoms with Crippen molar-refractivity contribution in [3.8, 4) is 5.75 Å². The van der Waals surface area contributed by atoms with Gasteiger partial charge in [-0.15, -0.1) is 0 Å².